The highest BCUT2D eigenvalue weighted by Crippen LogP contribution is 2.44. The fraction of sp³-hybridized carbons (Fsp3) is 0.300. The third-order valence-corrected chi connectivity index (χ3v) is 7.84. The van der Waals surface area contributed by atoms with Crippen molar-refractivity contribution < 1.29 is 22.3 Å². The Balaban J connectivity index is 1.40. The lowest BCUT2D eigenvalue weighted by atomic mass is 10.2. The largest absolute Gasteiger partial charge is 0.454 e. The number of oxazole rings is 1. The summed E-state index contributed by atoms with van der Waals surface area (Å²) in [5.74, 6) is 1.65. The Morgan fingerprint density at radius 1 is 1.18 bits per heavy atom. The van der Waals surface area contributed by atoms with E-state index in [1.165, 1.54) is 24.4 Å². The van der Waals surface area contributed by atoms with Gasteiger partial charge in [0.15, 0.2) is 33.6 Å². The van der Waals surface area contributed by atoms with Crippen LogP contribution >= 0.6 is 11.8 Å². The monoisotopic (exact) mass is 501 g/mol. The molecule has 4 heterocycles. The smallest absolute Gasteiger partial charge is 0.231 e. The average molecular weight is 502 g/mol. The number of nitrogens with zero attached hydrogens (tertiary/aromatic N) is 5. The van der Waals surface area contributed by atoms with Crippen LogP contribution in [0, 0.1) is 0 Å². The maximum atomic E-state index is 12.5. The molecule has 2 aliphatic rings. The summed E-state index contributed by atoms with van der Waals surface area (Å²) in [6.07, 6.45) is 6.10. The number of anilines is 1. The van der Waals surface area contributed by atoms with E-state index >= 15 is 0 Å². The van der Waals surface area contributed by atoms with E-state index in [0.717, 1.165) is 17.7 Å². The van der Waals surface area contributed by atoms with E-state index in [9.17, 15) is 8.42 Å². The Labute approximate surface area is 197 Å². The van der Waals surface area contributed by atoms with Gasteiger partial charge in [0.1, 0.15) is 12.6 Å². The molecular formula is C20H19N7O5S2. The van der Waals surface area contributed by atoms with Crippen LogP contribution in [0.5, 0.6) is 11.5 Å². The van der Waals surface area contributed by atoms with Crippen molar-refractivity contribution in [1.82, 2.24) is 29.2 Å². The van der Waals surface area contributed by atoms with Crippen molar-refractivity contribution in [3.05, 3.63) is 30.9 Å². The molecule has 0 atom stereocenters. The van der Waals surface area contributed by atoms with E-state index < -0.39 is 10.0 Å². The topological polar surface area (TPSA) is 160 Å². The second-order valence-electron chi connectivity index (χ2n) is 7.83. The second kappa shape index (κ2) is 8.14. The number of nitrogens with one attached hydrogen (secondary N) is 1. The van der Waals surface area contributed by atoms with Crippen LogP contribution < -0.4 is 19.9 Å². The summed E-state index contributed by atoms with van der Waals surface area (Å²) in [6.45, 7) is 0.251. The van der Waals surface area contributed by atoms with Crippen LogP contribution in [0.15, 0.2) is 45.4 Å². The Kier molecular flexibility index (Phi) is 5.08. The highest BCUT2D eigenvalue weighted by Gasteiger charge is 2.28. The van der Waals surface area contributed by atoms with Crippen molar-refractivity contribution >= 4 is 38.8 Å². The number of sulfonamides is 1. The Hall–Kier alpha value is -3.36. The zero-order valence-corrected chi connectivity index (χ0v) is 19.3. The van der Waals surface area contributed by atoms with Gasteiger partial charge in [0, 0.05) is 17.5 Å². The third kappa shape index (κ3) is 4.03. The number of nitrogens with two attached hydrogens (primary N) is 1. The van der Waals surface area contributed by atoms with Gasteiger partial charge in [-0.25, -0.2) is 33.1 Å². The van der Waals surface area contributed by atoms with Gasteiger partial charge < -0.3 is 24.2 Å². The van der Waals surface area contributed by atoms with E-state index in [2.05, 4.69) is 24.7 Å². The van der Waals surface area contributed by atoms with Gasteiger partial charge >= 0.3 is 0 Å². The van der Waals surface area contributed by atoms with E-state index in [0.29, 0.717) is 39.3 Å². The Morgan fingerprint density at radius 2 is 2.00 bits per heavy atom. The number of hydrogen-bond acceptors (Lipinski definition) is 11. The molecule has 0 spiro atoms. The van der Waals surface area contributed by atoms with Crippen molar-refractivity contribution in [2.45, 2.75) is 35.5 Å². The van der Waals surface area contributed by atoms with Crippen molar-refractivity contribution in [1.29, 1.82) is 0 Å². The minimum absolute atomic E-state index is 0.0355. The van der Waals surface area contributed by atoms with E-state index in [1.807, 2.05) is 6.07 Å². The predicted molar refractivity (Wildman–Crippen MR) is 122 cm³/mol. The van der Waals surface area contributed by atoms with Crippen LogP contribution in [0.1, 0.15) is 12.8 Å². The van der Waals surface area contributed by atoms with Crippen LogP contribution in [0.2, 0.25) is 0 Å². The first-order valence-electron chi connectivity index (χ1n) is 10.4. The summed E-state index contributed by atoms with van der Waals surface area (Å²) >= 11 is 1.29. The standard InChI is InChI=1S/C20H19N7O5S2/c21-17-16-18(24-9-23-17)27(4-6-34(28,29)26-11-1-2-11)20(25-16)33-15-8-14-13(31-10-32-14)7-12(15)19-22-3-5-30-19/h3,5,7-9,11,26H,1-2,4,6,10H2,(H2,21,23,24). The lowest BCUT2D eigenvalue weighted by Crippen LogP contribution is -2.30. The predicted octanol–water partition coefficient (Wildman–Crippen LogP) is 2.03. The van der Waals surface area contributed by atoms with E-state index in [1.54, 1.807) is 16.8 Å². The van der Waals surface area contributed by atoms with Crippen molar-refractivity contribution in [2.75, 3.05) is 18.3 Å². The molecule has 0 saturated heterocycles. The molecule has 0 amide bonds. The summed E-state index contributed by atoms with van der Waals surface area (Å²) in [7, 11) is -3.46. The van der Waals surface area contributed by atoms with E-state index in [4.69, 9.17) is 19.6 Å². The molecule has 176 valence electrons. The zero-order valence-electron chi connectivity index (χ0n) is 17.7. The molecule has 0 bridgehead atoms. The van der Waals surface area contributed by atoms with Crippen molar-refractivity contribution in [3.8, 4) is 23.0 Å². The molecule has 14 heteroatoms. The van der Waals surface area contributed by atoms with Crippen LogP contribution in [0.4, 0.5) is 5.82 Å². The molecular weight excluding hydrogens is 482 g/mol. The molecule has 3 aromatic heterocycles. The van der Waals surface area contributed by atoms with Gasteiger partial charge in [0.2, 0.25) is 22.7 Å². The normalized spacial score (nSPS) is 15.3. The minimum Gasteiger partial charge on any atom is -0.454 e. The molecule has 0 radical (unpaired) electrons. The molecule has 4 aromatic rings. The second-order valence-corrected chi connectivity index (χ2v) is 10.7. The maximum Gasteiger partial charge on any atom is 0.231 e. The molecule has 1 aromatic carbocycles. The van der Waals surface area contributed by atoms with Gasteiger partial charge in [0.05, 0.1) is 17.5 Å². The first kappa shape index (κ1) is 21.2. The van der Waals surface area contributed by atoms with Gasteiger partial charge in [-0.15, -0.1) is 0 Å². The SMILES string of the molecule is Nc1ncnc2c1nc(Sc1cc3c(cc1-c1ncco1)OCO3)n2CCS(=O)(=O)NC1CC1. The van der Waals surface area contributed by atoms with Crippen LogP contribution in [0.25, 0.3) is 22.6 Å². The highest BCUT2D eigenvalue weighted by atomic mass is 32.2. The number of ether oxygens (including phenoxy) is 2. The quantitative estimate of drug-likeness (QED) is 0.363. The average Bonchev–Trinajstić information content (AvgIpc) is 3.21. The summed E-state index contributed by atoms with van der Waals surface area (Å²) in [5.41, 5.74) is 7.57. The fourth-order valence-electron chi connectivity index (χ4n) is 3.57. The molecule has 34 heavy (non-hydrogen) atoms. The van der Waals surface area contributed by atoms with Crippen molar-refractivity contribution in [2.24, 2.45) is 0 Å². The molecule has 1 aliphatic heterocycles. The molecule has 1 aliphatic carbocycles. The third-order valence-electron chi connectivity index (χ3n) is 5.37. The Morgan fingerprint density at radius 3 is 2.76 bits per heavy atom. The first-order valence-corrected chi connectivity index (χ1v) is 12.9. The number of benzene rings is 1. The number of aryl methyl sites for hydroxylation is 1. The number of rotatable bonds is 8. The van der Waals surface area contributed by atoms with Crippen LogP contribution in [-0.2, 0) is 16.6 Å². The zero-order chi connectivity index (χ0) is 23.3. The molecule has 0 unspecified atom stereocenters. The lowest BCUT2D eigenvalue weighted by molar-refractivity contribution is 0.174. The van der Waals surface area contributed by atoms with Crippen molar-refractivity contribution in [3.63, 3.8) is 0 Å². The highest BCUT2D eigenvalue weighted by molar-refractivity contribution is 7.99. The molecule has 1 saturated carbocycles. The number of hydrogen-bond donors (Lipinski definition) is 2. The van der Waals surface area contributed by atoms with Crippen LogP contribution in [-0.4, -0.2) is 51.5 Å². The summed E-state index contributed by atoms with van der Waals surface area (Å²) in [6, 6.07) is 3.64. The van der Waals surface area contributed by atoms with Crippen LogP contribution in [0.3, 0.4) is 0 Å². The van der Waals surface area contributed by atoms with E-state index in [-0.39, 0.29) is 31.0 Å². The molecule has 6 rings (SSSR count). The fourth-order valence-corrected chi connectivity index (χ4v) is 5.90. The lowest BCUT2D eigenvalue weighted by Gasteiger charge is -2.11. The van der Waals surface area contributed by atoms with Gasteiger partial charge in [-0.05, 0) is 25.0 Å². The first-order chi connectivity index (χ1) is 16.5. The van der Waals surface area contributed by atoms with Gasteiger partial charge in [-0.1, -0.05) is 11.8 Å². The number of nitrogen functional groups attached to an aromatic ring is 1. The number of aromatic nitrogens is 5. The molecule has 12 nitrogen and oxygen atoms in total. The maximum absolute atomic E-state index is 12.5. The number of fused-ring (bicyclic) bond motifs is 2. The van der Waals surface area contributed by atoms with Gasteiger partial charge in [0.25, 0.3) is 0 Å². The Bertz CT molecular complexity index is 1480. The van der Waals surface area contributed by atoms with Gasteiger partial charge in [-0.2, -0.15) is 0 Å². The summed E-state index contributed by atoms with van der Waals surface area (Å²) < 4.78 is 46.1. The minimum atomic E-state index is -3.46. The molecule has 1 fully saturated rings. The summed E-state index contributed by atoms with van der Waals surface area (Å²) in [4.78, 5) is 18.0. The summed E-state index contributed by atoms with van der Waals surface area (Å²) in [5, 5.41) is 0.496. The number of imidazole rings is 1. The molecule has 3 N–H and O–H groups in total. The van der Waals surface area contributed by atoms with Gasteiger partial charge in [-0.3, -0.25) is 0 Å².